The van der Waals surface area contributed by atoms with Crippen LogP contribution in [-0.4, -0.2) is 32.3 Å². The molecule has 0 spiro atoms. The Hall–Kier alpha value is -2.38. The highest BCUT2D eigenvalue weighted by Gasteiger charge is 2.12. The predicted octanol–water partition coefficient (Wildman–Crippen LogP) is 2.25. The van der Waals surface area contributed by atoms with Crippen LogP contribution in [0.3, 0.4) is 0 Å². The second kappa shape index (κ2) is 7.75. The number of aromatic amines is 1. The van der Waals surface area contributed by atoms with E-state index in [1.165, 1.54) is 11.8 Å². The van der Waals surface area contributed by atoms with E-state index >= 15 is 0 Å². The molecule has 2 aromatic rings. The van der Waals surface area contributed by atoms with Crippen molar-refractivity contribution in [2.24, 2.45) is 5.73 Å². The molecule has 0 saturated carbocycles. The second-order valence-electron chi connectivity index (χ2n) is 4.95. The maximum absolute atomic E-state index is 10.8. The van der Waals surface area contributed by atoms with Crippen LogP contribution in [0, 0.1) is 0 Å². The maximum atomic E-state index is 10.8. The topological polar surface area (TPSA) is 105 Å². The number of hydrogen-bond donors (Lipinski definition) is 3. The summed E-state index contributed by atoms with van der Waals surface area (Å²) in [5, 5.41) is 16.4. The first-order valence-corrected chi connectivity index (χ1v) is 7.91. The highest BCUT2D eigenvalue weighted by Crippen LogP contribution is 2.21. The number of nitrogens with zero attached hydrogens (tertiary/aromatic N) is 2. The maximum Gasteiger partial charge on any atom is 0.320 e. The quantitative estimate of drug-likeness (QED) is 0.506. The van der Waals surface area contributed by atoms with E-state index in [0.717, 1.165) is 11.1 Å². The molecule has 0 bridgehead atoms. The third kappa shape index (κ3) is 4.80. The lowest BCUT2D eigenvalue weighted by Gasteiger charge is -2.07. The molecule has 1 aromatic heterocycles. The van der Waals surface area contributed by atoms with Crippen LogP contribution >= 0.6 is 11.8 Å². The summed E-state index contributed by atoms with van der Waals surface area (Å²) in [6, 6.07) is 6.79. The zero-order valence-corrected chi connectivity index (χ0v) is 13.3. The molecule has 6 nitrogen and oxygen atoms in total. The molecule has 1 atom stereocenters. The van der Waals surface area contributed by atoms with Crippen molar-refractivity contribution in [3.05, 3.63) is 60.5 Å². The lowest BCUT2D eigenvalue weighted by molar-refractivity contribution is -0.138. The number of hydrogen-bond acceptors (Lipinski definition) is 5. The van der Waals surface area contributed by atoms with Crippen molar-refractivity contribution in [1.82, 2.24) is 15.2 Å². The van der Waals surface area contributed by atoms with Crippen molar-refractivity contribution in [3.8, 4) is 0 Å². The van der Waals surface area contributed by atoms with Crippen LogP contribution < -0.4 is 5.73 Å². The van der Waals surface area contributed by atoms with E-state index in [2.05, 4.69) is 28.3 Å². The van der Waals surface area contributed by atoms with Crippen molar-refractivity contribution in [2.75, 3.05) is 0 Å². The van der Waals surface area contributed by atoms with Gasteiger partial charge in [-0.1, -0.05) is 55.3 Å². The van der Waals surface area contributed by atoms with Crippen LogP contribution in [-0.2, 0) is 17.0 Å². The Kier molecular flexibility index (Phi) is 5.72. The molecule has 2 rings (SSSR count). The number of rotatable bonds is 8. The number of aromatic nitrogens is 3. The number of H-pyrrole nitrogens is 1. The van der Waals surface area contributed by atoms with Gasteiger partial charge < -0.3 is 10.8 Å². The molecular formula is C16H18N4O2S. The zero-order valence-electron chi connectivity index (χ0n) is 12.5. The average Bonchev–Trinajstić information content (AvgIpc) is 3.01. The fraction of sp³-hybridized carbons (Fsp3) is 0.188. The van der Waals surface area contributed by atoms with Crippen molar-refractivity contribution < 1.29 is 9.90 Å². The third-order valence-corrected chi connectivity index (χ3v) is 4.07. The summed E-state index contributed by atoms with van der Waals surface area (Å²) in [5.41, 5.74) is 8.20. The summed E-state index contributed by atoms with van der Waals surface area (Å²) in [6.45, 7) is 7.45. The van der Waals surface area contributed by atoms with Crippen LogP contribution in [0.5, 0.6) is 0 Å². The summed E-state index contributed by atoms with van der Waals surface area (Å²) in [7, 11) is 0. The Morgan fingerprint density at radius 3 is 2.91 bits per heavy atom. The third-order valence-electron chi connectivity index (χ3n) is 3.15. The van der Waals surface area contributed by atoms with Gasteiger partial charge in [-0.3, -0.25) is 9.89 Å². The molecule has 0 fully saturated rings. The van der Waals surface area contributed by atoms with Gasteiger partial charge in [0.25, 0.3) is 0 Å². The van der Waals surface area contributed by atoms with E-state index in [1.807, 2.05) is 24.3 Å². The van der Waals surface area contributed by atoms with Crippen LogP contribution in [0.15, 0.2) is 48.7 Å². The minimum atomic E-state index is -1.000. The van der Waals surface area contributed by atoms with Crippen LogP contribution in [0.4, 0.5) is 0 Å². The Balaban J connectivity index is 1.98. The SMILES string of the molecule is C=CC(=C)c1nc(SCc2cccc(CC(N)C(=O)O)c2)n[nH]1. The Labute approximate surface area is 138 Å². The van der Waals surface area contributed by atoms with Gasteiger partial charge in [-0.05, 0) is 17.5 Å². The molecule has 1 aromatic carbocycles. The number of benzene rings is 1. The van der Waals surface area contributed by atoms with Gasteiger partial charge in [0.1, 0.15) is 6.04 Å². The van der Waals surface area contributed by atoms with Crippen LogP contribution in [0.2, 0.25) is 0 Å². The highest BCUT2D eigenvalue weighted by atomic mass is 32.2. The van der Waals surface area contributed by atoms with Crippen molar-refractivity contribution >= 4 is 23.3 Å². The van der Waals surface area contributed by atoms with E-state index in [4.69, 9.17) is 10.8 Å². The van der Waals surface area contributed by atoms with Gasteiger partial charge in [-0.25, -0.2) is 4.98 Å². The zero-order chi connectivity index (χ0) is 16.8. The molecule has 1 unspecified atom stereocenters. The molecule has 0 amide bonds. The summed E-state index contributed by atoms with van der Waals surface area (Å²) >= 11 is 1.48. The minimum Gasteiger partial charge on any atom is -0.480 e. The molecular weight excluding hydrogens is 312 g/mol. The number of carboxylic acid groups (broad SMARTS) is 1. The van der Waals surface area contributed by atoms with Gasteiger partial charge in [0.2, 0.25) is 5.16 Å². The number of carboxylic acids is 1. The number of thioether (sulfide) groups is 1. The van der Waals surface area contributed by atoms with Gasteiger partial charge in [-0.15, -0.1) is 5.10 Å². The van der Waals surface area contributed by atoms with E-state index in [-0.39, 0.29) is 0 Å². The van der Waals surface area contributed by atoms with E-state index < -0.39 is 12.0 Å². The van der Waals surface area contributed by atoms with Crippen molar-refractivity contribution in [2.45, 2.75) is 23.4 Å². The fourth-order valence-corrected chi connectivity index (χ4v) is 2.63. The number of carbonyl (C=O) groups is 1. The van der Waals surface area contributed by atoms with Crippen molar-refractivity contribution in [3.63, 3.8) is 0 Å². The molecule has 23 heavy (non-hydrogen) atoms. The largest absolute Gasteiger partial charge is 0.480 e. The monoisotopic (exact) mass is 330 g/mol. The molecule has 1 heterocycles. The molecule has 0 aliphatic rings. The van der Waals surface area contributed by atoms with Gasteiger partial charge >= 0.3 is 5.97 Å². The Bertz CT molecular complexity index is 726. The van der Waals surface area contributed by atoms with Gasteiger partial charge in [0.05, 0.1) is 0 Å². The minimum absolute atomic E-state index is 0.303. The van der Waals surface area contributed by atoms with Crippen molar-refractivity contribution in [1.29, 1.82) is 0 Å². The van der Waals surface area contributed by atoms with E-state index in [9.17, 15) is 4.79 Å². The number of allylic oxidation sites excluding steroid dienone is 2. The van der Waals surface area contributed by atoms with Crippen LogP contribution in [0.25, 0.3) is 5.57 Å². The molecule has 0 aliphatic heterocycles. The van der Waals surface area contributed by atoms with Gasteiger partial charge in [0.15, 0.2) is 5.82 Å². The Morgan fingerprint density at radius 2 is 2.22 bits per heavy atom. The molecule has 0 aliphatic carbocycles. The number of nitrogens with two attached hydrogens (primary N) is 1. The summed E-state index contributed by atoms with van der Waals surface area (Å²) in [5.74, 6) is 0.276. The highest BCUT2D eigenvalue weighted by molar-refractivity contribution is 7.98. The molecule has 0 saturated heterocycles. The normalized spacial score (nSPS) is 11.9. The Morgan fingerprint density at radius 1 is 1.48 bits per heavy atom. The summed E-state index contributed by atoms with van der Waals surface area (Å²) < 4.78 is 0. The second-order valence-corrected chi connectivity index (χ2v) is 5.90. The number of aliphatic carboxylic acids is 1. The van der Waals surface area contributed by atoms with E-state index in [1.54, 1.807) is 6.08 Å². The van der Waals surface area contributed by atoms with Gasteiger partial charge in [-0.2, -0.15) is 0 Å². The molecule has 0 radical (unpaired) electrons. The standard InChI is InChI=1S/C16H18N4O2S/c1-3-10(2)14-18-16(20-19-14)23-9-12-6-4-5-11(7-12)8-13(17)15(21)22/h3-7,13H,1-2,8-9,17H2,(H,21,22)(H,18,19,20). The first-order chi connectivity index (χ1) is 11.0. The fourth-order valence-electron chi connectivity index (χ4n) is 1.89. The summed E-state index contributed by atoms with van der Waals surface area (Å²) in [4.78, 5) is 15.1. The first-order valence-electron chi connectivity index (χ1n) is 6.92. The van der Waals surface area contributed by atoms with E-state index in [0.29, 0.717) is 28.7 Å². The van der Waals surface area contributed by atoms with Gasteiger partial charge in [0, 0.05) is 11.3 Å². The molecule has 120 valence electrons. The average molecular weight is 330 g/mol. The first kappa shape index (κ1) is 17.0. The lowest BCUT2D eigenvalue weighted by atomic mass is 10.0. The lowest BCUT2D eigenvalue weighted by Crippen LogP contribution is -2.32. The molecule has 4 N–H and O–H groups in total. The smallest absolute Gasteiger partial charge is 0.320 e. The molecule has 7 heteroatoms. The summed E-state index contributed by atoms with van der Waals surface area (Å²) in [6.07, 6.45) is 1.92. The predicted molar refractivity (Wildman–Crippen MR) is 90.9 cm³/mol. The number of nitrogens with one attached hydrogen (secondary N) is 1. The van der Waals surface area contributed by atoms with Crippen LogP contribution in [0.1, 0.15) is 17.0 Å².